The maximum absolute atomic E-state index is 12.9. The van der Waals surface area contributed by atoms with Gasteiger partial charge in [-0.25, -0.2) is 0 Å². The van der Waals surface area contributed by atoms with Crippen molar-refractivity contribution in [3.63, 3.8) is 0 Å². The molecule has 7 nitrogen and oxygen atoms in total. The average Bonchev–Trinajstić information content (AvgIpc) is 3.13. The van der Waals surface area contributed by atoms with Crippen molar-refractivity contribution in [2.75, 3.05) is 18.5 Å². The molecule has 0 aromatic heterocycles. The van der Waals surface area contributed by atoms with Crippen LogP contribution in [0.5, 0.6) is 11.5 Å². The Hall–Kier alpha value is -3.75. The lowest BCUT2D eigenvalue weighted by Gasteiger charge is -2.13. The van der Waals surface area contributed by atoms with Crippen LogP contribution < -0.4 is 14.8 Å². The Morgan fingerprint density at radius 3 is 2.50 bits per heavy atom. The summed E-state index contributed by atoms with van der Waals surface area (Å²) in [5.74, 6) is 0.124. The third kappa shape index (κ3) is 6.27. The molecule has 36 heavy (non-hydrogen) atoms. The molecule has 1 saturated heterocycles. The Morgan fingerprint density at radius 2 is 1.75 bits per heavy atom. The molecule has 3 amide bonds. The van der Waals surface area contributed by atoms with Crippen molar-refractivity contribution in [1.29, 1.82) is 0 Å². The number of ether oxygens (including phenoxy) is 2. The highest BCUT2D eigenvalue weighted by molar-refractivity contribution is 8.18. The predicted molar refractivity (Wildman–Crippen MR) is 141 cm³/mol. The summed E-state index contributed by atoms with van der Waals surface area (Å²) >= 11 is 7.06. The standard InChI is InChI=1S/C27H23ClN2O5S/c1-2-34-23-14-18(12-13-22(23)35-17-25(31)29-20-9-4-3-5-10-20)15-24-26(32)30(27(33)36-24)16-19-8-6-7-11-21(19)28/h3-15H,2,16-17H2,1H3,(H,29,31)/b24-15-. The number of imide groups is 1. The smallest absolute Gasteiger partial charge is 0.293 e. The number of rotatable bonds is 9. The van der Waals surface area contributed by atoms with E-state index in [-0.39, 0.29) is 30.2 Å². The van der Waals surface area contributed by atoms with Crippen LogP contribution in [0.1, 0.15) is 18.1 Å². The zero-order valence-corrected chi connectivity index (χ0v) is 21.0. The van der Waals surface area contributed by atoms with E-state index in [1.54, 1.807) is 60.7 Å². The Labute approximate surface area is 218 Å². The monoisotopic (exact) mass is 522 g/mol. The van der Waals surface area contributed by atoms with Gasteiger partial charge in [-0.05, 0) is 66.2 Å². The van der Waals surface area contributed by atoms with E-state index in [2.05, 4.69) is 5.32 Å². The van der Waals surface area contributed by atoms with Crippen LogP contribution in [0.4, 0.5) is 10.5 Å². The first kappa shape index (κ1) is 25.3. The van der Waals surface area contributed by atoms with Gasteiger partial charge in [-0.15, -0.1) is 0 Å². The minimum atomic E-state index is -0.388. The number of carbonyl (C=O) groups is 3. The van der Waals surface area contributed by atoms with Gasteiger partial charge < -0.3 is 14.8 Å². The Balaban J connectivity index is 1.45. The van der Waals surface area contributed by atoms with Crippen LogP contribution in [-0.2, 0) is 16.1 Å². The molecule has 1 fully saturated rings. The highest BCUT2D eigenvalue weighted by Gasteiger charge is 2.35. The molecule has 3 aromatic rings. The molecule has 1 aliphatic rings. The number of para-hydroxylation sites is 1. The largest absolute Gasteiger partial charge is 0.490 e. The summed E-state index contributed by atoms with van der Waals surface area (Å²) in [5.41, 5.74) is 2.02. The van der Waals surface area contributed by atoms with Gasteiger partial charge in [-0.3, -0.25) is 19.3 Å². The van der Waals surface area contributed by atoms with Crippen LogP contribution >= 0.6 is 23.4 Å². The van der Waals surface area contributed by atoms with Crippen molar-refractivity contribution in [2.45, 2.75) is 13.5 Å². The van der Waals surface area contributed by atoms with Gasteiger partial charge in [0.2, 0.25) is 0 Å². The fourth-order valence-corrected chi connectivity index (χ4v) is 4.48. The molecular formula is C27H23ClN2O5S. The van der Waals surface area contributed by atoms with Crippen LogP contribution in [0.2, 0.25) is 5.02 Å². The molecule has 1 heterocycles. The molecule has 184 valence electrons. The summed E-state index contributed by atoms with van der Waals surface area (Å²) < 4.78 is 11.4. The van der Waals surface area contributed by atoms with E-state index < -0.39 is 0 Å². The lowest BCUT2D eigenvalue weighted by Crippen LogP contribution is -2.27. The first-order chi connectivity index (χ1) is 17.4. The molecule has 1 N–H and O–H groups in total. The molecule has 1 aliphatic heterocycles. The van der Waals surface area contributed by atoms with Crippen molar-refractivity contribution in [3.05, 3.63) is 93.9 Å². The van der Waals surface area contributed by atoms with Gasteiger partial charge in [0.25, 0.3) is 17.1 Å². The fraction of sp³-hybridized carbons (Fsp3) is 0.148. The topological polar surface area (TPSA) is 84.9 Å². The van der Waals surface area contributed by atoms with Gasteiger partial charge in [0.1, 0.15) is 0 Å². The molecular weight excluding hydrogens is 500 g/mol. The van der Waals surface area contributed by atoms with Crippen molar-refractivity contribution < 1.29 is 23.9 Å². The maximum atomic E-state index is 12.9. The van der Waals surface area contributed by atoms with E-state index >= 15 is 0 Å². The molecule has 0 aliphatic carbocycles. The van der Waals surface area contributed by atoms with Crippen molar-refractivity contribution in [1.82, 2.24) is 4.90 Å². The summed E-state index contributed by atoms with van der Waals surface area (Å²) in [6.45, 7) is 2.11. The third-order valence-electron chi connectivity index (χ3n) is 5.14. The number of thioether (sulfide) groups is 1. The Kier molecular flexibility index (Phi) is 8.30. The molecule has 0 atom stereocenters. The zero-order valence-electron chi connectivity index (χ0n) is 19.4. The van der Waals surface area contributed by atoms with Crippen LogP contribution in [0.15, 0.2) is 77.7 Å². The van der Waals surface area contributed by atoms with Gasteiger partial charge in [0, 0.05) is 10.7 Å². The second-order valence-corrected chi connectivity index (χ2v) is 9.10. The van der Waals surface area contributed by atoms with E-state index in [4.69, 9.17) is 21.1 Å². The predicted octanol–water partition coefficient (Wildman–Crippen LogP) is 5.99. The average molecular weight is 523 g/mol. The summed E-state index contributed by atoms with van der Waals surface area (Å²) in [7, 11) is 0. The van der Waals surface area contributed by atoms with E-state index in [0.717, 1.165) is 11.8 Å². The van der Waals surface area contributed by atoms with E-state index in [0.29, 0.717) is 44.8 Å². The van der Waals surface area contributed by atoms with Gasteiger partial charge in [0.05, 0.1) is 18.1 Å². The summed E-state index contributed by atoms with van der Waals surface area (Å²) in [5, 5.41) is 2.89. The number of halogens is 1. The van der Waals surface area contributed by atoms with E-state index in [9.17, 15) is 14.4 Å². The van der Waals surface area contributed by atoms with E-state index in [1.807, 2.05) is 25.1 Å². The minimum Gasteiger partial charge on any atom is -0.490 e. The molecule has 9 heteroatoms. The van der Waals surface area contributed by atoms with Gasteiger partial charge in [-0.1, -0.05) is 54.1 Å². The van der Waals surface area contributed by atoms with E-state index in [1.165, 1.54) is 4.90 Å². The number of hydrogen-bond acceptors (Lipinski definition) is 6. The Morgan fingerprint density at radius 1 is 1.00 bits per heavy atom. The fourth-order valence-electron chi connectivity index (χ4n) is 3.45. The Bertz CT molecular complexity index is 1310. The number of amides is 3. The molecule has 0 radical (unpaired) electrons. The second-order valence-electron chi connectivity index (χ2n) is 7.70. The number of nitrogens with one attached hydrogen (secondary N) is 1. The van der Waals surface area contributed by atoms with Crippen molar-refractivity contribution in [3.8, 4) is 11.5 Å². The lowest BCUT2D eigenvalue weighted by molar-refractivity contribution is -0.123. The quantitative estimate of drug-likeness (QED) is 0.347. The number of hydrogen-bond donors (Lipinski definition) is 1. The number of anilines is 1. The maximum Gasteiger partial charge on any atom is 0.293 e. The number of benzene rings is 3. The highest BCUT2D eigenvalue weighted by atomic mass is 35.5. The molecule has 4 rings (SSSR count). The SMILES string of the molecule is CCOc1cc(/C=C2\SC(=O)N(Cc3ccccc3Cl)C2=O)ccc1OCC(=O)Nc1ccccc1. The first-order valence-corrected chi connectivity index (χ1v) is 12.4. The van der Waals surface area contributed by atoms with Crippen molar-refractivity contribution in [2.24, 2.45) is 0 Å². The normalized spacial score (nSPS) is 14.3. The third-order valence-corrected chi connectivity index (χ3v) is 6.42. The lowest BCUT2D eigenvalue weighted by atomic mass is 10.1. The van der Waals surface area contributed by atoms with Gasteiger partial charge in [0.15, 0.2) is 18.1 Å². The van der Waals surface area contributed by atoms with Crippen molar-refractivity contribution >= 4 is 52.2 Å². The summed E-state index contributed by atoms with van der Waals surface area (Å²) in [4.78, 5) is 39.1. The first-order valence-electron chi connectivity index (χ1n) is 11.2. The molecule has 3 aromatic carbocycles. The van der Waals surface area contributed by atoms with Crippen LogP contribution in [-0.4, -0.2) is 35.2 Å². The summed E-state index contributed by atoms with van der Waals surface area (Å²) in [6, 6.07) is 21.3. The molecule has 0 saturated carbocycles. The number of nitrogens with zero attached hydrogens (tertiary/aromatic N) is 1. The highest BCUT2D eigenvalue weighted by Crippen LogP contribution is 2.36. The molecule has 0 spiro atoms. The second kappa shape index (κ2) is 11.8. The van der Waals surface area contributed by atoms with Crippen LogP contribution in [0.25, 0.3) is 6.08 Å². The zero-order chi connectivity index (χ0) is 25.5. The van der Waals surface area contributed by atoms with Gasteiger partial charge >= 0.3 is 0 Å². The molecule has 0 bridgehead atoms. The number of carbonyl (C=O) groups excluding carboxylic acids is 3. The van der Waals surface area contributed by atoms with Gasteiger partial charge in [-0.2, -0.15) is 0 Å². The summed E-state index contributed by atoms with van der Waals surface area (Å²) in [6.07, 6.45) is 1.63. The van der Waals surface area contributed by atoms with Crippen LogP contribution in [0.3, 0.4) is 0 Å². The molecule has 0 unspecified atom stereocenters. The van der Waals surface area contributed by atoms with Crippen LogP contribution in [0, 0.1) is 0 Å². The minimum absolute atomic E-state index is 0.101.